The first kappa shape index (κ1) is 20.4. The van der Waals surface area contributed by atoms with Crippen molar-refractivity contribution in [2.45, 2.75) is 0 Å². The summed E-state index contributed by atoms with van der Waals surface area (Å²) in [6.45, 7) is 3.80. The summed E-state index contributed by atoms with van der Waals surface area (Å²) in [6, 6.07) is 18.1. The molecule has 1 aliphatic rings. The number of nitrogens with zero attached hydrogens (tertiary/aromatic N) is 2. The minimum atomic E-state index is -0.400. The SMILES string of the molecule is C=C1c2ccccc2C(=O)N1CC(=O)Nc1ccc(Oc2cccc(F)c2)c2ccncc12. The Labute approximate surface area is 188 Å². The van der Waals surface area contributed by atoms with Crippen molar-refractivity contribution in [3.63, 3.8) is 0 Å². The predicted molar refractivity (Wildman–Crippen MR) is 123 cm³/mol. The van der Waals surface area contributed by atoms with Gasteiger partial charge in [0.05, 0.1) is 5.69 Å². The number of pyridine rings is 1. The molecule has 3 aromatic carbocycles. The van der Waals surface area contributed by atoms with Gasteiger partial charge in [-0.05, 0) is 36.4 Å². The number of carbonyl (C=O) groups excluding carboxylic acids is 2. The van der Waals surface area contributed by atoms with Gasteiger partial charge in [0, 0.05) is 46.1 Å². The van der Waals surface area contributed by atoms with Gasteiger partial charge in [-0.15, -0.1) is 0 Å². The maximum atomic E-state index is 13.5. The molecule has 7 heteroatoms. The highest BCUT2D eigenvalue weighted by molar-refractivity contribution is 6.12. The third-order valence-electron chi connectivity index (χ3n) is 5.42. The first-order chi connectivity index (χ1) is 16.0. The van der Waals surface area contributed by atoms with Gasteiger partial charge >= 0.3 is 0 Å². The van der Waals surface area contributed by atoms with Gasteiger partial charge in [-0.25, -0.2) is 4.39 Å². The molecule has 2 heterocycles. The molecule has 0 fully saturated rings. The summed E-state index contributed by atoms with van der Waals surface area (Å²) in [5.74, 6) is -0.176. The molecule has 162 valence electrons. The molecule has 0 saturated heterocycles. The molecule has 0 atom stereocenters. The van der Waals surface area contributed by atoms with E-state index in [2.05, 4.69) is 16.9 Å². The molecule has 1 aliphatic heterocycles. The van der Waals surface area contributed by atoms with Gasteiger partial charge in [-0.1, -0.05) is 30.8 Å². The maximum absolute atomic E-state index is 13.5. The summed E-state index contributed by atoms with van der Waals surface area (Å²) in [4.78, 5) is 31.0. The van der Waals surface area contributed by atoms with Crippen molar-refractivity contribution in [3.8, 4) is 11.5 Å². The van der Waals surface area contributed by atoms with Crippen LogP contribution in [0, 0.1) is 5.82 Å². The van der Waals surface area contributed by atoms with Gasteiger partial charge in [0.25, 0.3) is 5.91 Å². The Balaban J connectivity index is 1.38. The van der Waals surface area contributed by atoms with Crippen LogP contribution in [0.5, 0.6) is 11.5 Å². The number of hydrogen-bond donors (Lipinski definition) is 1. The number of amides is 2. The summed E-state index contributed by atoms with van der Waals surface area (Å²) < 4.78 is 19.4. The fourth-order valence-electron chi connectivity index (χ4n) is 3.85. The van der Waals surface area contributed by atoms with Crippen molar-refractivity contribution < 1.29 is 18.7 Å². The lowest BCUT2D eigenvalue weighted by Crippen LogP contribution is -2.32. The second kappa shape index (κ2) is 8.20. The molecular weight excluding hydrogens is 421 g/mol. The number of rotatable bonds is 5. The van der Waals surface area contributed by atoms with Crippen LogP contribution in [-0.2, 0) is 4.79 Å². The van der Waals surface area contributed by atoms with E-state index in [1.54, 1.807) is 54.9 Å². The maximum Gasteiger partial charge on any atom is 0.259 e. The van der Waals surface area contributed by atoms with E-state index >= 15 is 0 Å². The van der Waals surface area contributed by atoms with E-state index in [4.69, 9.17) is 4.74 Å². The molecule has 1 aromatic heterocycles. The standard InChI is InChI=1S/C26H18FN3O3/c1-16-19-7-2-3-8-21(19)26(32)30(16)15-25(31)29-23-9-10-24(20-11-12-28-14-22(20)23)33-18-6-4-5-17(27)13-18/h2-14H,1,15H2,(H,29,31). The van der Waals surface area contributed by atoms with E-state index in [9.17, 15) is 14.0 Å². The molecule has 2 amide bonds. The van der Waals surface area contributed by atoms with Crippen LogP contribution in [0.2, 0.25) is 0 Å². The van der Waals surface area contributed by atoms with E-state index in [0.717, 1.165) is 5.56 Å². The first-order valence-corrected chi connectivity index (χ1v) is 10.2. The molecule has 0 saturated carbocycles. The molecule has 0 radical (unpaired) electrons. The highest BCUT2D eigenvalue weighted by Crippen LogP contribution is 2.35. The quantitative estimate of drug-likeness (QED) is 0.462. The number of nitrogens with one attached hydrogen (secondary N) is 1. The van der Waals surface area contributed by atoms with Gasteiger partial charge in [0.15, 0.2) is 0 Å². The highest BCUT2D eigenvalue weighted by atomic mass is 19.1. The fourth-order valence-corrected chi connectivity index (χ4v) is 3.85. The van der Waals surface area contributed by atoms with E-state index < -0.39 is 5.82 Å². The van der Waals surface area contributed by atoms with Crippen molar-refractivity contribution in [2.75, 3.05) is 11.9 Å². The topological polar surface area (TPSA) is 71.5 Å². The molecule has 0 spiro atoms. The van der Waals surface area contributed by atoms with E-state index in [-0.39, 0.29) is 18.4 Å². The normalized spacial score (nSPS) is 12.7. The first-order valence-electron chi connectivity index (χ1n) is 10.2. The lowest BCUT2D eigenvalue weighted by Gasteiger charge is -2.18. The molecular formula is C26H18FN3O3. The summed E-state index contributed by atoms with van der Waals surface area (Å²) >= 11 is 0. The van der Waals surface area contributed by atoms with Crippen LogP contribution in [-0.4, -0.2) is 28.2 Å². The zero-order valence-corrected chi connectivity index (χ0v) is 17.4. The zero-order valence-electron chi connectivity index (χ0n) is 17.4. The molecule has 0 unspecified atom stereocenters. The van der Waals surface area contributed by atoms with Crippen molar-refractivity contribution in [1.29, 1.82) is 0 Å². The largest absolute Gasteiger partial charge is 0.457 e. The third kappa shape index (κ3) is 3.80. The number of fused-ring (bicyclic) bond motifs is 2. The summed E-state index contributed by atoms with van der Waals surface area (Å²) in [6.07, 6.45) is 3.22. The second-order valence-corrected chi connectivity index (χ2v) is 7.52. The number of aromatic nitrogens is 1. The molecule has 33 heavy (non-hydrogen) atoms. The van der Waals surface area contributed by atoms with E-state index in [1.165, 1.54) is 17.0 Å². The zero-order chi connectivity index (χ0) is 22.9. The smallest absolute Gasteiger partial charge is 0.259 e. The Hall–Kier alpha value is -4.52. The van der Waals surface area contributed by atoms with Crippen molar-refractivity contribution in [1.82, 2.24) is 9.88 Å². The van der Waals surface area contributed by atoms with Gasteiger partial charge < -0.3 is 10.1 Å². The van der Waals surface area contributed by atoms with E-state index in [1.807, 2.05) is 12.1 Å². The lowest BCUT2D eigenvalue weighted by atomic mass is 10.1. The average molecular weight is 439 g/mol. The Morgan fingerprint density at radius 2 is 1.85 bits per heavy atom. The monoisotopic (exact) mass is 439 g/mol. The third-order valence-corrected chi connectivity index (χ3v) is 5.42. The number of hydrogen-bond acceptors (Lipinski definition) is 4. The van der Waals surface area contributed by atoms with Crippen molar-refractivity contribution >= 4 is 34.0 Å². The second-order valence-electron chi connectivity index (χ2n) is 7.52. The molecule has 6 nitrogen and oxygen atoms in total. The van der Waals surface area contributed by atoms with Gasteiger partial charge in [0.2, 0.25) is 5.91 Å². The van der Waals surface area contributed by atoms with Crippen LogP contribution in [0.25, 0.3) is 16.5 Å². The fraction of sp³-hybridized carbons (Fsp3) is 0.0385. The van der Waals surface area contributed by atoms with Crippen LogP contribution in [0.4, 0.5) is 10.1 Å². The van der Waals surface area contributed by atoms with Crippen LogP contribution < -0.4 is 10.1 Å². The predicted octanol–water partition coefficient (Wildman–Crippen LogP) is 5.23. The molecule has 0 aliphatic carbocycles. The van der Waals surface area contributed by atoms with Crippen LogP contribution in [0.3, 0.4) is 0 Å². The van der Waals surface area contributed by atoms with Gasteiger partial charge in [-0.3, -0.25) is 19.5 Å². The van der Waals surface area contributed by atoms with Gasteiger partial charge in [0.1, 0.15) is 23.9 Å². The summed E-state index contributed by atoms with van der Waals surface area (Å²) in [5.41, 5.74) is 2.27. The van der Waals surface area contributed by atoms with Crippen LogP contribution in [0.1, 0.15) is 15.9 Å². The number of ether oxygens (including phenoxy) is 1. The summed E-state index contributed by atoms with van der Waals surface area (Å²) in [7, 11) is 0. The number of halogens is 1. The van der Waals surface area contributed by atoms with Crippen molar-refractivity contribution in [2.24, 2.45) is 0 Å². The highest BCUT2D eigenvalue weighted by Gasteiger charge is 2.31. The average Bonchev–Trinajstić information content (AvgIpc) is 3.06. The number of anilines is 1. The molecule has 0 bridgehead atoms. The Bertz CT molecular complexity index is 1400. The number of benzene rings is 3. The summed E-state index contributed by atoms with van der Waals surface area (Å²) in [5, 5.41) is 4.19. The van der Waals surface area contributed by atoms with Crippen LogP contribution >= 0.6 is 0 Å². The van der Waals surface area contributed by atoms with E-state index in [0.29, 0.717) is 39.2 Å². The van der Waals surface area contributed by atoms with Crippen molar-refractivity contribution in [3.05, 3.63) is 103 Å². The van der Waals surface area contributed by atoms with Gasteiger partial charge in [-0.2, -0.15) is 0 Å². The Morgan fingerprint density at radius 3 is 2.64 bits per heavy atom. The minimum Gasteiger partial charge on any atom is -0.457 e. The number of carbonyl (C=O) groups is 2. The molecule has 4 aromatic rings. The Morgan fingerprint density at radius 1 is 1.03 bits per heavy atom. The minimum absolute atomic E-state index is 0.171. The molecule has 5 rings (SSSR count). The molecule has 1 N–H and O–H groups in total. The van der Waals surface area contributed by atoms with Crippen LogP contribution in [0.15, 0.2) is 85.7 Å². The Kier molecular flexibility index (Phi) is 5.06. The lowest BCUT2D eigenvalue weighted by molar-refractivity contribution is -0.116.